The third kappa shape index (κ3) is 5.70. The second-order valence-corrected chi connectivity index (χ2v) is 6.92. The summed E-state index contributed by atoms with van der Waals surface area (Å²) < 4.78 is 10.5. The topological polar surface area (TPSA) is 64.6 Å². The Labute approximate surface area is 176 Å². The Morgan fingerprint density at radius 1 is 0.833 bits per heavy atom. The predicted octanol–water partition coefficient (Wildman–Crippen LogP) is 4.08. The molecule has 3 aromatic carbocycles. The van der Waals surface area contributed by atoms with Crippen molar-refractivity contribution in [2.24, 2.45) is 0 Å². The summed E-state index contributed by atoms with van der Waals surface area (Å²) in [7, 11) is 1.59. The Morgan fingerprint density at radius 2 is 1.37 bits per heavy atom. The molecular weight excluding hydrogens is 378 g/mol. The van der Waals surface area contributed by atoms with Crippen molar-refractivity contribution in [1.82, 2.24) is 5.32 Å². The summed E-state index contributed by atoms with van der Waals surface area (Å²) in [4.78, 5) is 25.0. The molecule has 0 aliphatic heterocycles. The second kappa shape index (κ2) is 10.3. The molecular formula is C25H25NO4. The number of carbonyl (C=O) groups is 2. The van der Waals surface area contributed by atoms with E-state index in [1.165, 1.54) is 0 Å². The maximum absolute atomic E-state index is 12.8. The summed E-state index contributed by atoms with van der Waals surface area (Å²) >= 11 is 0. The third-order valence-corrected chi connectivity index (χ3v) is 4.74. The third-order valence-electron chi connectivity index (χ3n) is 4.74. The maximum Gasteiger partial charge on any atom is 0.311 e. The maximum atomic E-state index is 12.8. The largest absolute Gasteiger partial charge is 0.497 e. The zero-order chi connectivity index (χ0) is 21.3. The van der Waals surface area contributed by atoms with E-state index in [4.69, 9.17) is 9.47 Å². The fraction of sp³-hybridized carbons (Fsp3) is 0.200. The fourth-order valence-corrected chi connectivity index (χ4v) is 3.11. The average Bonchev–Trinajstić information content (AvgIpc) is 2.79. The first-order valence-corrected chi connectivity index (χ1v) is 9.79. The molecule has 5 nitrogen and oxygen atoms in total. The van der Waals surface area contributed by atoms with E-state index in [1.54, 1.807) is 38.3 Å². The number of methoxy groups -OCH3 is 1. The van der Waals surface area contributed by atoms with Crippen molar-refractivity contribution >= 4 is 11.9 Å². The zero-order valence-corrected chi connectivity index (χ0v) is 17.1. The molecule has 0 unspecified atom stereocenters. The SMILES string of the molecule is COc1ccc(CC(=O)O[C@@H](C)C(=O)NC(c2ccccc2)c2ccccc2)cc1. The standard InChI is InChI=1S/C25H25NO4/c1-18(30-23(27)17-19-13-15-22(29-2)16-14-19)25(28)26-24(20-9-5-3-6-10-20)21-11-7-4-8-12-21/h3-16,18,24H,17H2,1-2H3,(H,26,28)/t18-/m0/s1. The van der Waals surface area contributed by atoms with Crippen LogP contribution in [0.15, 0.2) is 84.9 Å². The van der Waals surface area contributed by atoms with E-state index >= 15 is 0 Å². The highest BCUT2D eigenvalue weighted by Gasteiger charge is 2.23. The highest BCUT2D eigenvalue weighted by Crippen LogP contribution is 2.22. The lowest BCUT2D eigenvalue weighted by molar-refractivity contribution is -0.154. The summed E-state index contributed by atoms with van der Waals surface area (Å²) in [5, 5.41) is 3.00. The lowest BCUT2D eigenvalue weighted by Gasteiger charge is -2.22. The lowest BCUT2D eigenvalue weighted by atomic mass is 9.98. The molecule has 0 heterocycles. The van der Waals surface area contributed by atoms with Gasteiger partial charge >= 0.3 is 5.97 Å². The first kappa shape index (κ1) is 21.1. The summed E-state index contributed by atoms with van der Waals surface area (Å²) in [5.74, 6) is -0.0951. The van der Waals surface area contributed by atoms with Crippen molar-refractivity contribution < 1.29 is 19.1 Å². The van der Waals surface area contributed by atoms with Gasteiger partial charge in [-0.15, -0.1) is 0 Å². The van der Waals surface area contributed by atoms with Gasteiger partial charge in [0.15, 0.2) is 6.10 Å². The van der Waals surface area contributed by atoms with Crippen molar-refractivity contribution in [3.63, 3.8) is 0 Å². The Morgan fingerprint density at radius 3 is 1.87 bits per heavy atom. The van der Waals surface area contributed by atoms with Gasteiger partial charge in [0.25, 0.3) is 5.91 Å². The molecule has 3 aromatic rings. The highest BCUT2D eigenvalue weighted by molar-refractivity contribution is 5.84. The van der Waals surface area contributed by atoms with Gasteiger partial charge in [-0.05, 0) is 35.7 Å². The molecule has 1 atom stereocenters. The van der Waals surface area contributed by atoms with Crippen LogP contribution >= 0.6 is 0 Å². The van der Waals surface area contributed by atoms with Crippen LogP contribution in [0.3, 0.4) is 0 Å². The molecule has 3 rings (SSSR count). The van der Waals surface area contributed by atoms with Crippen molar-refractivity contribution in [2.75, 3.05) is 7.11 Å². The molecule has 0 saturated heterocycles. The fourth-order valence-electron chi connectivity index (χ4n) is 3.11. The molecule has 0 aliphatic rings. The molecule has 0 fully saturated rings. The summed E-state index contributed by atoms with van der Waals surface area (Å²) in [6, 6.07) is 26.2. The van der Waals surface area contributed by atoms with Crippen LogP contribution in [0.1, 0.15) is 29.7 Å². The molecule has 1 N–H and O–H groups in total. The van der Waals surface area contributed by atoms with Crippen LogP contribution < -0.4 is 10.1 Å². The number of amides is 1. The highest BCUT2D eigenvalue weighted by atomic mass is 16.5. The molecule has 0 radical (unpaired) electrons. The molecule has 30 heavy (non-hydrogen) atoms. The first-order valence-electron chi connectivity index (χ1n) is 9.79. The quantitative estimate of drug-likeness (QED) is 0.576. The van der Waals surface area contributed by atoms with Gasteiger partial charge in [0.1, 0.15) is 5.75 Å². The molecule has 154 valence electrons. The molecule has 0 saturated carbocycles. The number of nitrogens with one attached hydrogen (secondary N) is 1. The van der Waals surface area contributed by atoms with Crippen molar-refractivity contribution in [3.05, 3.63) is 102 Å². The van der Waals surface area contributed by atoms with Crippen molar-refractivity contribution in [3.8, 4) is 5.75 Å². The lowest BCUT2D eigenvalue weighted by Crippen LogP contribution is -2.38. The van der Waals surface area contributed by atoms with Gasteiger partial charge in [-0.25, -0.2) is 0 Å². The van der Waals surface area contributed by atoms with E-state index in [0.29, 0.717) is 5.75 Å². The minimum Gasteiger partial charge on any atom is -0.497 e. The van der Waals surface area contributed by atoms with Crippen LogP contribution in [0.5, 0.6) is 5.75 Å². The predicted molar refractivity (Wildman–Crippen MR) is 115 cm³/mol. The number of esters is 1. The van der Waals surface area contributed by atoms with E-state index in [9.17, 15) is 9.59 Å². The number of benzene rings is 3. The van der Waals surface area contributed by atoms with E-state index in [0.717, 1.165) is 16.7 Å². The van der Waals surface area contributed by atoms with Crippen molar-refractivity contribution in [2.45, 2.75) is 25.5 Å². The number of hydrogen-bond donors (Lipinski definition) is 1. The van der Waals surface area contributed by atoms with Crippen LogP contribution in [0.4, 0.5) is 0 Å². The average molecular weight is 403 g/mol. The minimum absolute atomic E-state index is 0.0857. The molecule has 0 bridgehead atoms. The molecule has 0 aromatic heterocycles. The van der Waals surface area contributed by atoms with Crippen LogP contribution in [0.2, 0.25) is 0 Å². The monoisotopic (exact) mass is 403 g/mol. The Balaban J connectivity index is 1.64. The molecule has 1 amide bonds. The van der Waals surface area contributed by atoms with Crippen LogP contribution in [0, 0.1) is 0 Å². The Bertz CT molecular complexity index is 916. The van der Waals surface area contributed by atoms with Gasteiger partial charge in [-0.2, -0.15) is 0 Å². The van der Waals surface area contributed by atoms with Gasteiger partial charge < -0.3 is 14.8 Å². The van der Waals surface area contributed by atoms with Crippen LogP contribution in [-0.2, 0) is 20.7 Å². The number of carbonyl (C=O) groups excluding carboxylic acids is 2. The normalized spacial score (nSPS) is 11.6. The molecule has 0 aliphatic carbocycles. The number of rotatable bonds is 8. The van der Waals surface area contributed by atoms with Gasteiger partial charge in [0.2, 0.25) is 0 Å². The van der Waals surface area contributed by atoms with E-state index in [-0.39, 0.29) is 18.4 Å². The molecule has 5 heteroatoms. The van der Waals surface area contributed by atoms with E-state index < -0.39 is 12.1 Å². The minimum atomic E-state index is -0.911. The summed E-state index contributed by atoms with van der Waals surface area (Å²) in [6.45, 7) is 1.58. The second-order valence-electron chi connectivity index (χ2n) is 6.92. The number of ether oxygens (including phenoxy) is 2. The van der Waals surface area contributed by atoms with Gasteiger partial charge in [-0.1, -0.05) is 72.8 Å². The van der Waals surface area contributed by atoms with Gasteiger partial charge in [0.05, 0.1) is 19.6 Å². The van der Waals surface area contributed by atoms with E-state index in [2.05, 4.69) is 5.32 Å². The van der Waals surface area contributed by atoms with Gasteiger partial charge in [-0.3, -0.25) is 9.59 Å². The van der Waals surface area contributed by atoms with Crippen molar-refractivity contribution in [1.29, 1.82) is 0 Å². The number of hydrogen-bond acceptors (Lipinski definition) is 4. The summed E-state index contributed by atoms with van der Waals surface area (Å²) in [5.41, 5.74) is 2.70. The van der Waals surface area contributed by atoms with E-state index in [1.807, 2.05) is 60.7 Å². The van der Waals surface area contributed by atoms with Gasteiger partial charge in [0, 0.05) is 0 Å². The zero-order valence-electron chi connectivity index (χ0n) is 17.1. The first-order chi connectivity index (χ1) is 14.6. The van der Waals surface area contributed by atoms with Crippen LogP contribution in [0.25, 0.3) is 0 Å². The Hall–Kier alpha value is -3.60. The summed E-state index contributed by atoms with van der Waals surface area (Å²) in [6.07, 6.45) is -0.826. The van der Waals surface area contributed by atoms with Crippen LogP contribution in [-0.4, -0.2) is 25.1 Å². The Kier molecular flexibility index (Phi) is 7.22. The smallest absolute Gasteiger partial charge is 0.311 e. The molecule has 0 spiro atoms.